The zero-order valence-electron chi connectivity index (χ0n) is 10.9. The summed E-state index contributed by atoms with van der Waals surface area (Å²) in [6.45, 7) is 3.74. The highest BCUT2D eigenvalue weighted by Gasteiger charge is 2.24. The van der Waals surface area contributed by atoms with E-state index in [-0.39, 0.29) is 18.5 Å². The molecule has 19 heavy (non-hydrogen) atoms. The number of nitrogens with one attached hydrogen (secondary N) is 1. The summed E-state index contributed by atoms with van der Waals surface area (Å²) in [5, 5.41) is 12.9. The van der Waals surface area contributed by atoms with E-state index < -0.39 is 0 Å². The Kier molecular flexibility index (Phi) is 5.58. The first kappa shape index (κ1) is 14.7. The minimum Gasteiger partial charge on any atom is -0.396 e. The van der Waals surface area contributed by atoms with E-state index in [1.807, 2.05) is 0 Å². The van der Waals surface area contributed by atoms with Gasteiger partial charge in [-0.2, -0.15) is 0 Å². The molecule has 2 rings (SSSR count). The molecule has 0 spiro atoms. The van der Waals surface area contributed by atoms with Gasteiger partial charge in [-0.15, -0.1) is 0 Å². The van der Waals surface area contributed by atoms with Crippen molar-refractivity contribution < 1.29 is 9.50 Å². The summed E-state index contributed by atoms with van der Waals surface area (Å²) < 4.78 is 14.0. The van der Waals surface area contributed by atoms with Crippen LogP contribution >= 0.6 is 11.6 Å². The molecule has 1 aliphatic rings. The Morgan fingerprint density at radius 1 is 1.37 bits per heavy atom. The van der Waals surface area contributed by atoms with Gasteiger partial charge < -0.3 is 10.4 Å². The minimum atomic E-state index is -0.217. The Morgan fingerprint density at radius 2 is 2.11 bits per heavy atom. The van der Waals surface area contributed by atoms with Crippen LogP contribution in [-0.4, -0.2) is 42.8 Å². The smallest absolute Gasteiger partial charge is 0.128 e. The molecule has 0 radical (unpaired) electrons. The summed E-state index contributed by atoms with van der Waals surface area (Å²) in [4.78, 5) is 2.26. The van der Waals surface area contributed by atoms with Gasteiger partial charge in [0.15, 0.2) is 0 Å². The molecular weight excluding hydrogens is 267 g/mol. The Labute approximate surface area is 118 Å². The normalized spacial score (nSPS) is 18.5. The van der Waals surface area contributed by atoms with Crippen LogP contribution in [0, 0.1) is 5.82 Å². The Bertz CT molecular complexity index is 410. The third-order valence-corrected chi connectivity index (χ3v) is 3.78. The molecule has 1 saturated heterocycles. The van der Waals surface area contributed by atoms with Crippen molar-refractivity contribution in [1.82, 2.24) is 10.2 Å². The maximum atomic E-state index is 14.0. The largest absolute Gasteiger partial charge is 0.396 e. The van der Waals surface area contributed by atoms with E-state index in [0.717, 1.165) is 32.6 Å². The second-order valence-electron chi connectivity index (χ2n) is 4.83. The van der Waals surface area contributed by atoms with Gasteiger partial charge >= 0.3 is 0 Å². The molecule has 2 N–H and O–H groups in total. The summed E-state index contributed by atoms with van der Waals surface area (Å²) in [7, 11) is 0. The number of aliphatic hydroxyl groups is 1. The average Bonchev–Trinajstić information content (AvgIpc) is 2.44. The molecule has 1 heterocycles. The topological polar surface area (TPSA) is 35.5 Å². The molecule has 3 nitrogen and oxygen atoms in total. The lowest BCUT2D eigenvalue weighted by molar-refractivity contribution is 0.151. The number of aliphatic hydroxyl groups excluding tert-OH is 1. The maximum absolute atomic E-state index is 14.0. The molecule has 1 atom stereocenters. The first-order valence-corrected chi connectivity index (χ1v) is 7.10. The number of rotatable bonds is 5. The molecule has 0 amide bonds. The van der Waals surface area contributed by atoms with Crippen LogP contribution in [0.25, 0.3) is 0 Å². The van der Waals surface area contributed by atoms with E-state index in [1.54, 1.807) is 12.1 Å². The SMILES string of the molecule is OCCC[C@@H](c1cc(Cl)ccc1F)N1CCNCC1. The van der Waals surface area contributed by atoms with Gasteiger partial charge in [-0.25, -0.2) is 4.39 Å². The highest BCUT2D eigenvalue weighted by molar-refractivity contribution is 6.30. The third-order valence-electron chi connectivity index (χ3n) is 3.55. The van der Waals surface area contributed by atoms with Gasteiger partial charge in [0.1, 0.15) is 5.82 Å². The van der Waals surface area contributed by atoms with E-state index in [1.165, 1.54) is 6.07 Å². The van der Waals surface area contributed by atoms with Crippen LogP contribution in [0.5, 0.6) is 0 Å². The van der Waals surface area contributed by atoms with Crippen molar-refractivity contribution in [3.63, 3.8) is 0 Å². The molecule has 0 bridgehead atoms. The molecule has 5 heteroatoms. The molecule has 106 valence electrons. The average molecular weight is 287 g/mol. The van der Waals surface area contributed by atoms with Crippen LogP contribution in [0.3, 0.4) is 0 Å². The Morgan fingerprint density at radius 3 is 2.79 bits per heavy atom. The van der Waals surface area contributed by atoms with Gasteiger partial charge in [-0.1, -0.05) is 11.6 Å². The van der Waals surface area contributed by atoms with Crippen molar-refractivity contribution in [3.8, 4) is 0 Å². The lowest BCUT2D eigenvalue weighted by atomic mass is 9.99. The molecule has 0 aliphatic carbocycles. The first-order chi connectivity index (χ1) is 9.22. The third kappa shape index (κ3) is 3.89. The van der Waals surface area contributed by atoms with E-state index in [9.17, 15) is 4.39 Å². The molecular formula is C14H20ClFN2O. The summed E-state index contributed by atoms with van der Waals surface area (Å²) in [6.07, 6.45) is 1.41. The molecule has 1 fully saturated rings. The molecule has 1 aliphatic heterocycles. The number of nitrogens with zero attached hydrogens (tertiary/aromatic N) is 1. The Balaban J connectivity index is 2.22. The second kappa shape index (κ2) is 7.20. The molecule has 1 aromatic carbocycles. The van der Waals surface area contributed by atoms with Crippen molar-refractivity contribution in [2.45, 2.75) is 18.9 Å². The van der Waals surface area contributed by atoms with Crippen LogP contribution in [0.1, 0.15) is 24.4 Å². The van der Waals surface area contributed by atoms with Crippen LogP contribution in [0.4, 0.5) is 4.39 Å². The number of halogens is 2. The van der Waals surface area contributed by atoms with Crippen LogP contribution in [-0.2, 0) is 0 Å². The van der Waals surface area contributed by atoms with Gasteiger partial charge in [-0.05, 0) is 31.0 Å². The fourth-order valence-electron chi connectivity index (χ4n) is 2.58. The number of benzene rings is 1. The summed E-state index contributed by atoms with van der Waals surface area (Å²) in [6, 6.07) is 4.70. The first-order valence-electron chi connectivity index (χ1n) is 6.73. The lowest BCUT2D eigenvalue weighted by Crippen LogP contribution is -2.45. The quantitative estimate of drug-likeness (QED) is 0.871. The fourth-order valence-corrected chi connectivity index (χ4v) is 2.76. The van der Waals surface area contributed by atoms with E-state index in [2.05, 4.69) is 10.2 Å². The number of hydrogen-bond donors (Lipinski definition) is 2. The monoisotopic (exact) mass is 286 g/mol. The molecule has 0 aromatic heterocycles. The fraction of sp³-hybridized carbons (Fsp3) is 0.571. The van der Waals surface area contributed by atoms with Gasteiger partial charge in [-0.3, -0.25) is 4.90 Å². The molecule has 1 aromatic rings. The van der Waals surface area contributed by atoms with Gasteiger partial charge in [0, 0.05) is 49.4 Å². The van der Waals surface area contributed by atoms with Crippen molar-refractivity contribution in [3.05, 3.63) is 34.6 Å². The number of hydrogen-bond acceptors (Lipinski definition) is 3. The predicted octanol–water partition coefficient (Wildman–Crippen LogP) is 2.20. The summed E-state index contributed by atoms with van der Waals surface area (Å²) >= 11 is 5.99. The molecule has 0 saturated carbocycles. The van der Waals surface area contributed by atoms with Gasteiger partial charge in [0.05, 0.1) is 0 Å². The minimum absolute atomic E-state index is 0.00653. The van der Waals surface area contributed by atoms with Gasteiger partial charge in [0.2, 0.25) is 0 Å². The van der Waals surface area contributed by atoms with Crippen LogP contribution in [0.15, 0.2) is 18.2 Å². The van der Waals surface area contributed by atoms with Crippen molar-refractivity contribution in [1.29, 1.82) is 0 Å². The van der Waals surface area contributed by atoms with Crippen molar-refractivity contribution in [2.24, 2.45) is 0 Å². The lowest BCUT2D eigenvalue weighted by Gasteiger charge is -2.35. The van der Waals surface area contributed by atoms with Crippen LogP contribution in [0.2, 0.25) is 5.02 Å². The van der Waals surface area contributed by atoms with Gasteiger partial charge in [0.25, 0.3) is 0 Å². The zero-order chi connectivity index (χ0) is 13.7. The highest BCUT2D eigenvalue weighted by atomic mass is 35.5. The van der Waals surface area contributed by atoms with Crippen molar-refractivity contribution >= 4 is 11.6 Å². The highest BCUT2D eigenvalue weighted by Crippen LogP contribution is 2.30. The van der Waals surface area contributed by atoms with Crippen molar-refractivity contribution in [2.75, 3.05) is 32.8 Å². The van der Waals surface area contributed by atoms with Crippen LogP contribution < -0.4 is 5.32 Å². The Hall–Kier alpha value is -0.680. The summed E-state index contributed by atoms with van der Waals surface area (Å²) in [5.74, 6) is -0.217. The summed E-state index contributed by atoms with van der Waals surface area (Å²) in [5.41, 5.74) is 0.642. The maximum Gasteiger partial charge on any atom is 0.128 e. The second-order valence-corrected chi connectivity index (χ2v) is 5.27. The standard InChI is InChI=1S/C14H20ClFN2O/c15-11-3-4-13(16)12(10-11)14(2-1-9-19)18-7-5-17-6-8-18/h3-4,10,14,17,19H,1-2,5-9H2/t14-/m0/s1. The van der Waals surface area contributed by atoms with E-state index in [0.29, 0.717) is 17.0 Å². The number of piperazine rings is 1. The molecule has 0 unspecified atom stereocenters. The van der Waals surface area contributed by atoms with E-state index in [4.69, 9.17) is 16.7 Å². The zero-order valence-corrected chi connectivity index (χ0v) is 11.7. The van der Waals surface area contributed by atoms with E-state index >= 15 is 0 Å². The predicted molar refractivity (Wildman–Crippen MR) is 74.9 cm³/mol.